The molecule has 34 heavy (non-hydrogen) atoms. The van der Waals surface area contributed by atoms with Crippen LogP contribution >= 0.6 is 11.6 Å². The van der Waals surface area contributed by atoms with Crippen LogP contribution in [0.1, 0.15) is 48.2 Å². The van der Waals surface area contributed by atoms with E-state index in [4.69, 9.17) is 11.6 Å². The summed E-state index contributed by atoms with van der Waals surface area (Å²) >= 11 is 6.45. The quantitative estimate of drug-likeness (QED) is 0.535. The molecule has 0 atom stereocenters. The molecule has 1 aromatic heterocycles. The fourth-order valence-corrected chi connectivity index (χ4v) is 6.15. The summed E-state index contributed by atoms with van der Waals surface area (Å²) < 4.78 is 23.6. The van der Waals surface area contributed by atoms with Crippen molar-refractivity contribution < 1.29 is 13.2 Å². The lowest BCUT2D eigenvalue weighted by molar-refractivity contribution is 0.0930. The summed E-state index contributed by atoms with van der Waals surface area (Å²) in [5.74, 6) is 0.287. The molecular formula is C25H25ClN4O3S. The lowest BCUT2D eigenvalue weighted by Crippen LogP contribution is -2.43. The van der Waals surface area contributed by atoms with Gasteiger partial charge in [0, 0.05) is 35.0 Å². The lowest BCUT2D eigenvalue weighted by atomic mass is 9.78. The van der Waals surface area contributed by atoms with E-state index in [1.165, 1.54) is 6.26 Å². The van der Waals surface area contributed by atoms with Crippen LogP contribution < -0.4 is 10.6 Å². The van der Waals surface area contributed by atoms with Gasteiger partial charge in [0.15, 0.2) is 9.84 Å². The lowest BCUT2D eigenvalue weighted by Gasteiger charge is -2.32. The van der Waals surface area contributed by atoms with Crippen LogP contribution in [0, 0.1) is 0 Å². The topological polar surface area (TPSA) is 101 Å². The zero-order valence-corrected chi connectivity index (χ0v) is 20.7. The van der Waals surface area contributed by atoms with E-state index in [0.717, 1.165) is 22.4 Å². The minimum atomic E-state index is -3.16. The summed E-state index contributed by atoms with van der Waals surface area (Å²) in [5.41, 5.74) is 4.31. The van der Waals surface area contributed by atoms with Gasteiger partial charge in [-0.15, -0.1) is 0 Å². The molecule has 5 rings (SSSR count). The number of nitrogens with one attached hydrogen (secondary N) is 2. The zero-order chi connectivity index (χ0) is 24.3. The van der Waals surface area contributed by atoms with E-state index in [1.54, 1.807) is 12.3 Å². The van der Waals surface area contributed by atoms with Gasteiger partial charge in [-0.1, -0.05) is 43.6 Å². The van der Waals surface area contributed by atoms with E-state index < -0.39 is 14.6 Å². The summed E-state index contributed by atoms with van der Waals surface area (Å²) in [6, 6.07) is 13.0. The number of hydrogen-bond donors (Lipinski definition) is 2. The minimum absolute atomic E-state index is 0.0793. The normalized spacial score (nSPS) is 18.1. The Bertz CT molecular complexity index is 1410. The fraction of sp³-hybridized carbons (Fsp3) is 0.320. The van der Waals surface area contributed by atoms with Crippen molar-refractivity contribution in [1.29, 1.82) is 0 Å². The number of benzene rings is 2. The second-order valence-corrected chi connectivity index (χ2v) is 12.4. The van der Waals surface area contributed by atoms with Crippen molar-refractivity contribution in [3.8, 4) is 11.3 Å². The number of anilines is 2. The number of rotatable bonds is 5. The highest BCUT2D eigenvalue weighted by molar-refractivity contribution is 7.92. The first-order chi connectivity index (χ1) is 16.0. The van der Waals surface area contributed by atoms with Crippen LogP contribution in [-0.2, 0) is 20.0 Å². The van der Waals surface area contributed by atoms with E-state index in [9.17, 15) is 13.2 Å². The molecular weight excluding hydrogens is 472 g/mol. The monoisotopic (exact) mass is 496 g/mol. The maximum absolute atomic E-state index is 12.3. The van der Waals surface area contributed by atoms with Crippen molar-refractivity contribution in [3.05, 3.63) is 70.4 Å². The highest BCUT2D eigenvalue weighted by Crippen LogP contribution is 2.52. The first kappa shape index (κ1) is 22.8. The molecule has 2 heterocycles. The minimum Gasteiger partial charge on any atom is -0.351 e. The van der Waals surface area contributed by atoms with Crippen molar-refractivity contribution in [3.63, 3.8) is 0 Å². The summed E-state index contributed by atoms with van der Waals surface area (Å²) in [4.78, 5) is 21.2. The van der Waals surface area contributed by atoms with Crippen LogP contribution in [0.5, 0.6) is 0 Å². The molecule has 1 aliphatic heterocycles. The first-order valence-corrected chi connectivity index (χ1v) is 13.3. The van der Waals surface area contributed by atoms with Crippen LogP contribution in [0.2, 0.25) is 5.02 Å². The van der Waals surface area contributed by atoms with Crippen LogP contribution in [-0.4, -0.2) is 37.1 Å². The van der Waals surface area contributed by atoms with Gasteiger partial charge in [0.25, 0.3) is 5.91 Å². The van der Waals surface area contributed by atoms with Crippen molar-refractivity contribution in [2.24, 2.45) is 0 Å². The summed E-state index contributed by atoms with van der Waals surface area (Å²) in [6.45, 7) is 4.73. The molecule has 7 nitrogen and oxygen atoms in total. The Morgan fingerprint density at radius 2 is 1.79 bits per heavy atom. The van der Waals surface area contributed by atoms with Gasteiger partial charge in [-0.3, -0.25) is 4.79 Å². The summed E-state index contributed by atoms with van der Waals surface area (Å²) in [6.07, 6.45) is 4.15. The summed E-state index contributed by atoms with van der Waals surface area (Å²) in [7, 11) is -3.16. The molecule has 0 bridgehead atoms. The smallest absolute Gasteiger partial charge is 0.251 e. The number of sulfone groups is 1. The predicted molar refractivity (Wildman–Crippen MR) is 133 cm³/mol. The van der Waals surface area contributed by atoms with Gasteiger partial charge < -0.3 is 10.6 Å². The van der Waals surface area contributed by atoms with E-state index in [-0.39, 0.29) is 11.3 Å². The van der Waals surface area contributed by atoms with Crippen LogP contribution in [0.4, 0.5) is 11.6 Å². The average Bonchev–Trinajstić information content (AvgIpc) is 3.61. The van der Waals surface area contributed by atoms with Gasteiger partial charge in [0.2, 0.25) is 5.95 Å². The molecule has 9 heteroatoms. The molecule has 2 N–H and O–H groups in total. The Labute approximate surface area is 203 Å². The largest absolute Gasteiger partial charge is 0.351 e. The van der Waals surface area contributed by atoms with E-state index in [1.807, 2.05) is 36.4 Å². The Kier molecular flexibility index (Phi) is 5.22. The second-order valence-electron chi connectivity index (χ2n) is 9.69. The second kappa shape index (κ2) is 7.78. The molecule has 1 fully saturated rings. The zero-order valence-electron chi connectivity index (χ0n) is 19.1. The molecule has 2 aromatic carbocycles. The number of nitrogens with zero attached hydrogens (tertiary/aromatic N) is 2. The first-order valence-electron chi connectivity index (χ1n) is 11.0. The van der Waals surface area contributed by atoms with Gasteiger partial charge in [-0.05, 0) is 48.2 Å². The standard InChI is InChI=1S/C25H25ClN4O3S/c1-24(2)14-28-22(31)18-9-4-15(12-19(18)24)21-20(26)13-27-23(30-21)29-17-7-5-16(6-8-17)25(10-11-25)34(3,32)33/h4-9,12-13H,10-11,14H2,1-3H3,(H,28,31)(H,27,29,30). The number of fused-ring (bicyclic) bond motifs is 1. The molecule has 2 aliphatic rings. The Hall–Kier alpha value is -2.97. The number of halogens is 1. The SMILES string of the molecule is CC1(C)CNC(=O)c2ccc(-c3nc(Nc4ccc(C5(S(C)(=O)=O)CC5)cc4)ncc3Cl)cc21. The maximum atomic E-state index is 12.3. The number of aromatic nitrogens is 2. The molecule has 1 amide bonds. The van der Waals surface area contributed by atoms with Crippen molar-refractivity contribution >= 4 is 39.0 Å². The van der Waals surface area contributed by atoms with Gasteiger partial charge >= 0.3 is 0 Å². The van der Waals surface area contributed by atoms with Gasteiger partial charge in [0.05, 0.1) is 21.7 Å². The molecule has 176 valence electrons. The molecule has 0 saturated heterocycles. The van der Waals surface area contributed by atoms with Gasteiger partial charge in [-0.2, -0.15) is 0 Å². The molecule has 0 radical (unpaired) electrons. The van der Waals surface area contributed by atoms with Crippen molar-refractivity contribution in [2.45, 2.75) is 36.9 Å². The Morgan fingerprint density at radius 3 is 2.44 bits per heavy atom. The van der Waals surface area contributed by atoms with Crippen LogP contribution in [0.3, 0.4) is 0 Å². The number of carbonyl (C=O) groups excluding carboxylic acids is 1. The molecule has 1 saturated carbocycles. The van der Waals surface area contributed by atoms with Crippen LogP contribution in [0.25, 0.3) is 11.3 Å². The fourth-order valence-electron chi connectivity index (χ4n) is 4.54. The third-order valence-electron chi connectivity index (χ3n) is 6.78. The van der Waals surface area contributed by atoms with E-state index in [0.29, 0.717) is 41.6 Å². The van der Waals surface area contributed by atoms with Gasteiger partial charge in [0.1, 0.15) is 0 Å². The maximum Gasteiger partial charge on any atom is 0.251 e. The molecule has 0 spiro atoms. The predicted octanol–water partition coefficient (Wildman–Crippen LogP) is 4.60. The highest BCUT2D eigenvalue weighted by atomic mass is 35.5. The van der Waals surface area contributed by atoms with Gasteiger partial charge in [-0.25, -0.2) is 18.4 Å². The third-order valence-corrected chi connectivity index (χ3v) is 9.12. The highest BCUT2D eigenvalue weighted by Gasteiger charge is 2.53. The summed E-state index contributed by atoms with van der Waals surface area (Å²) in [5, 5.41) is 6.50. The van der Waals surface area contributed by atoms with E-state index in [2.05, 4.69) is 34.4 Å². The number of carbonyl (C=O) groups is 1. The third kappa shape index (κ3) is 3.84. The van der Waals surface area contributed by atoms with Crippen LogP contribution in [0.15, 0.2) is 48.7 Å². The molecule has 1 aliphatic carbocycles. The average molecular weight is 497 g/mol. The number of amides is 1. The van der Waals surface area contributed by atoms with E-state index >= 15 is 0 Å². The molecule has 0 unspecified atom stereocenters. The van der Waals surface area contributed by atoms with Crippen molar-refractivity contribution in [2.75, 3.05) is 18.1 Å². The molecule has 3 aromatic rings. The number of hydrogen-bond acceptors (Lipinski definition) is 6. The van der Waals surface area contributed by atoms with Crippen molar-refractivity contribution in [1.82, 2.24) is 15.3 Å². The Balaban J connectivity index is 1.44. The Morgan fingerprint density at radius 1 is 1.09 bits per heavy atom.